The molecule has 0 aromatic heterocycles. The van der Waals surface area contributed by atoms with Gasteiger partial charge in [-0.15, -0.1) is 11.6 Å². The van der Waals surface area contributed by atoms with Crippen LogP contribution >= 0.6 is 23.2 Å². The second-order valence-electron chi connectivity index (χ2n) is 10.0. The van der Waals surface area contributed by atoms with Gasteiger partial charge in [0.05, 0.1) is 10.4 Å². The maximum absolute atomic E-state index is 13.8. The molecule has 38 heavy (non-hydrogen) atoms. The molecule has 0 bridgehead atoms. The molecule has 0 aliphatic heterocycles. The quantitative estimate of drug-likeness (QED) is 0.353. The van der Waals surface area contributed by atoms with E-state index in [0.717, 1.165) is 9.87 Å². The monoisotopic (exact) mass is 584 g/mol. The van der Waals surface area contributed by atoms with E-state index >= 15 is 0 Å². The first-order valence-corrected chi connectivity index (χ1v) is 14.2. The number of allylic oxidation sites excluding steroid dienone is 2. The Morgan fingerprint density at radius 2 is 1.71 bits per heavy atom. The molecule has 2 aromatic rings. The number of amides is 1. The molecule has 2 atom stereocenters. The average molecular weight is 586 g/mol. The standard InChI is InChI=1S/C27H31Cl2FN2O5S/c1-17-22(28)13-23(25(33)24(17)29)38(35,36)32(15-18-8-10-21(30)11-9-18)16-20-7-5-6-19(12-20)14-31-26(34)37-27(2,3)4/h5-13,17,22,33H,14-16H2,1-4H3,(H,31,34). The summed E-state index contributed by atoms with van der Waals surface area (Å²) in [6, 6.07) is 12.5. The molecule has 2 N–H and O–H groups in total. The molecule has 0 saturated carbocycles. The number of nitrogens with zero attached hydrogens (tertiary/aromatic N) is 1. The van der Waals surface area contributed by atoms with Crippen molar-refractivity contribution in [3.63, 3.8) is 0 Å². The number of alkyl carbamates (subject to hydrolysis) is 1. The molecular formula is C27H31Cl2FN2O5S. The third kappa shape index (κ3) is 7.72. The molecule has 206 valence electrons. The lowest BCUT2D eigenvalue weighted by molar-refractivity contribution is 0.0523. The maximum atomic E-state index is 13.8. The highest BCUT2D eigenvalue weighted by atomic mass is 35.5. The van der Waals surface area contributed by atoms with Gasteiger partial charge in [0, 0.05) is 25.6 Å². The maximum Gasteiger partial charge on any atom is 0.407 e. The van der Waals surface area contributed by atoms with E-state index in [1.165, 1.54) is 30.3 Å². The van der Waals surface area contributed by atoms with Crippen LogP contribution in [0, 0.1) is 11.7 Å². The van der Waals surface area contributed by atoms with Gasteiger partial charge in [-0.05, 0) is 55.7 Å². The topological polar surface area (TPSA) is 95.9 Å². The molecular weight excluding hydrogens is 554 g/mol. The summed E-state index contributed by atoms with van der Waals surface area (Å²) >= 11 is 12.5. The number of aliphatic hydroxyl groups excluding tert-OH is 1. The molecule has 1 aliphatic rings. The van der Waals surface area contributed by atoms with Crippen molar-refractivity contribution in [2.75, 3.05) is 0 Å². The Morgan fingerprint density at radius 3 is 2.34 bits per heavy atom. The first-order valence-electron chi connectivity index (χ1n) is 11.9. The van der Waals surface area contributed by atoms with E-state index < -0.39 is 44.6 Å². The van der Waals surface area contributed by atoms with Crippen LogP contribution in [0.25, 0.3) is 0 Å². The van der Waals surface area contributed by atoms with E-state index in [2.05, 4.69) is 5.32 Å². The molecule has 0 saturated heterocycles. The van der Waals surface area contributed by atoms with Gasteiger partial charge in [-0.25, -0.2) is 17.6 Å². The van der Waals surface area contributed by atoms with Crippen LogP contribution in [0.4, 0.5) is 9.18 Å². The molecule has 1 aliphatic carbocycles. The summed E-state index contributed by atoms with van der Waals surface area (Å²) in [6.45, 7) is 6.96. The molecule has 0 spiro atoms. The average Bonchev–Trinajstić information content (AvgIpc) is 2.83. The van der Waals surface area contributed by atoms with Crippen LogP contribution in [-0.2, 0) is 34.4 Å². The Kier molecular flexibility index (Phi) is 9.52. The first-order chi connectivity index (χ1) is 17.7. The highest BCUT2D eigenvalue weighted by Crippen LogP contribution is 2.37. The minimum atomic E-state index is -4.29. The number of ether oxygens (including phenoxy) is 1. The number of benzene rings is 2. The van der Waals surface area contributed by atoms with Crippen molar-refractivity contribution in [1.29, 1.82) is 0 Å². The predicted molar refractivity (Wildman–Crippen MR) is 146 cm³/mol. The van der Waals surface area contributed by atoms with Crippen molar-refractivity contribution >= 4 is 39.3 Å². The Bertz CT molecular complexity index is 1340. The van der Waals surface area contributed by atoms with E-state index in [9.17, 15) is 22.7 Å². The van der Waals surface area contributed by atoms with Gasteiger partial charge in [0.1, 0.15) is 22.1 Å². The van der Waals surface area contributed by atoms with E-state index in [0.29, 0.717) is 11.1 Å². The van der Waals surface area contributed by atoms with E-state index in [1.807, 2.05) is 0 Å². The summed E-state index contributed by atoms with van der Waals surface area (Å²) in [5, 5.41) is 12.5. The molecule has 11 heteroatoms. The smallest absolute Gasteiger partial charge is 0.407 e. The summed E-state index contributed by atoms with van der Waals surface area (Å²) in [7, 11) is -4.29. The third-order valence-corrected chi connectivity index (χ3v) is 8.57. The van der Waals surface area contributed by atoms with Crippen molar-refractivity contribution < 1.29 is 27.4 Å². The fraction of sp³-hybridized carbons (Fsp3) is 0.370. The molecule has 1 amide bonds. The zero-order valence-electron chi connectivity index (χ0n) is 21.5. The van der Waals surface area contributed by atoms with Crippen molar-refractivity contribution in [2.45, 2.75) is 58.3 Å². The van der Waals surface area contributed by atoms with Gasteiger partial charge < -0.3 is 15.2 Å². The Labute approximate surface area is 232 Å². The van der Waals surface area contributed by atoms with Gasteiger partial charge in [-0.1, -0.05) is 54.9 Å². The van der Waals surface area contributed by atoms with Gasteiger partial charge in [0.15, 0.2) is 0 Å². The van der Waals surface area contributed by atoms with Gasteiger partial charge >= 0.3 is 6.09 Å². The number of carbonyl (C=O) groups is 1. The SMILES string of the molecule is CC1C(Cl)=C(O)C(S(=O)(=O)N(Cc2ccc(F)cc2)Cc2cccc(CNC(=O)OC(C)(C)C)c2)=CC1Cl. The van der Waals surface area contributed by atoms with Crippen molar-refractivity contribution in [3.8, 4) is 0 Å². The molecule has 2 unspecified atom stereocenters. The van der Waals surface area contributed by atoms with Crippen LogP contribution in [0.1, 0.15) is 44.4 Å². The van der Waals surface area contributed by atoms with E-state index in [4.69, 9.17) is 27.9 Å². The van der Waals surface area contributed by atoms with Crippen molar-refractivity contribution in [1.82, 2.24) is 9.62 Å². The molecule has 3 rings (SSSR count). The van der Waals surface area contributed by atoms with Crippen molar-refractivity contribution in [2.24, 2.45) is 5.92 Å². The van der Waals surface area contributed by atoms with Gasteiger partial charge in [-0.3, -0.25) is 0 Å². The predicted octanol–water partition coefficient (Wildman–Crippen LogP) is 6.33. The second kappa shape index (κ2) is 12.1. The van der Waals surface area contributed by atoms with Crippen LogP contribution in [0.3, 0.4) is 0 Å². The minimum absolute atomic E-state index is 0.0389. The highest BCUT2D eigenvalue weighted by Gasteiger charge is 2.36. The zero-order valence-corrected chi connectivity index (χ0v) is 23.9. The summed E-state index contributed by atoms with van der Waals surface area (Å²) in [5.41, 5.74) is 1.25. The first kappa shape index (κ1) is 30.0. The fourth-order valence-electron chi connectivity index (χ4n) is 3.74. The van der Waals surface area contributed by atoms with E-state index in [-0.39, 0.29) is 29.6 Å². The number of rotatable bonds is 8. The number of carbonyl (C=O) groups excluding carboxylic acids is 1. The third-order valence-electron chi connectivity index (χ3n) is 5.72. The Hall–Kier alpha value is -2.59. The fourth-order valence-corrected chi connectivity index (χ4v) is 6.01. The number of halogens is 3. The summed E-state index contributed by atoms with van der Waals surface area (Å²) in [5.74, 6) is -1.46. The largest absolute Gasteiger partial charge is 0.505 e. The normalized spacial score (nSPS) is 18.4. The number of nitrogens with one attached hydrogen (secondary N) is 1. The van der Waals surface area contributed by atoms with Gasteiger partial charge in [0.2, 0.25) is 10.0 Å². The van der Waals surface area contributed by atoms with E-state index in [1.54, 1.807) is 52.0 Å². The van der Waals surface area contributed by atoms with Crippen LogP contribution < -0.4 is 5.32 Å². The Balaban J connectivity index is 1.90. The number of aliphatic hydroxyl groups is 1. The van der Waals surface area contributed by atoms with Gasteiger partial charge in [0.25, 0.3) is 0 Å². The molecule has 0 radical (unpaired) electrons. The molecule has 0 fully saturated rings. The summed E-state index contributed by atoms with van der Waals surface area (Å²) in [6.07, 6.45) is 0.707. The second-order valence-corrected chi connectivity index (χ2v) is 12.9. The number of hydrogen-bond acceptors (Lipinski definition) is 5. The van der Waals surface area contributed by atoms with Crippen LogP contribution in [0.15, 0.2) is 70.3 Å². The highest BCUT2D eigenvalue weighted by molar-refractivity contribution is 7.93. The summed E-state index contributed by atoms with van der Waals surface area (Å²) < 4.78 is 47.5. The molecule has 2 aromatic carbocycles. The van der Waals surface area contributed by atoms with Crippen LogP contribution in [-0.4, -0.2) is 34.9 Å². The number of sulfonamides is 1. The Morgan fingerprint density at radius 1 is 1.11 bits per heavy atom. The summed E-state index contributed by atoms with van der Waals surface area (Å²) in [4.78, 5) is 11.6. The molecule has 0 heterocycles. The lowest BCUT2D eigenvalue weighted by Gasteiger charge is -2.28. The van der Waals surface area contributed by atoms with Crippen LogP contribution in [0.5, 0.6) is 0 Å². The molecule has 7 nitrogen and oxygen atoms in total. The number of alkyl halides is 1. The zero-order chi connectivity index (χ0) is 28.3. The van der Waals surface area contributed by atoms with Crippen molar-refractivity contribution in [3.05, 3.63) is 92.8 Å². The van der Waals surface area contributed by atoms with Gasteiger partial charge in [-0.2, -0.15) is 4.31 Å². The van der Waals surface area contributed by atoms with Crippen LogP contribution in [0.2, 0.25) is 0 Å². The lowest BCUT2D eigenvalue weighted by Crippen LogP contribution is -2.34. The lowest BCUT2D eigenvalue weighted by atomic mass is 10.0. The minimum Gasteiger partial charge on any atom is -0.505 e. The number of hydrogen-bond donors (Lipinski definition) is 2.